The number of nitrogens with one attached hydrogen (secondary N) is 1. The number of carbonyl (C=O) groups excluding carboxylic acids is 1. The number of aromatic nitrogens is 1. The number of benzene rings is 1. The lowest BCUT2D eigenvalue weighted by Crippen LogP contribution is -2.62. The molecule has 1 aromatic carbocycles. The van der Waals surface area contributed by atoms with Crippen LogP contribution in [0, 0.1) is 18.8 Å². The third-order valence-corrected chi connectivity index (χ3v) is 5.60. The van der Waals surface area contributed by atoms with Crippen molar-refractivity contribution in [2.75, 3.05) is 20.3 Å². The van der Waals surface area contributed by atoms with E-state index in [0.29, 0.717) is 24.7 Å². The Morgan fingerprint density at radius 3 is 3.08 bits per heavy atom. The molecule has 0 unspecified atom stereocenters. The molecule has 2 aromatic rings. The molecule has 1 saturated carbocycles. The average molecular weight is 360 g/mol. The van der Waals surface area contributed by atoms with E-state index in [1.54, 1.807) is 13.2 Å². The minimum absolute atomic E-state index is 0.0599. The van der Waals surface area contributed by atoms with Gasteiger partial charge in [-0.25, -0.2) is 4.79 Å². The second-order valence-electron chi connectivity index (χ2n) is 7.24. The van der Waals surface area contributed by atoms with Gasteiger partial charge in [0.25, 0.3) is 0 Å². The molecule has 1 aliphatic heterocycles. The molecule has 2 aliphatic rings. The number of hydrogen-bond donors (Lipinski definition) is 1. The maximum Gasteiger partial charge on any atom is 0.419 e. The number of hydrogen-bond acceptors (Lipinski definition) is 5. The molecule has 0 spiro atoms. The summed E-state index contributed by atoms with van der Waals surface area (Å²) < 4.78 is 17.8. The van der Waals surface area contributed by atoms with Gasteiger partial charge in [0.05, 0.1) is 18.2 Å². The van der Waals surface area contributed by atoms with Crippen molar-refractivity contribution in [2.45, 2.75) is 38.5 Å². The molecule has 2 heterocycles. The Hall–Kier alpha value is -2.12. The Morgan fingerprint density at radius 1 is 1.42 bits per heavy atom. The van der Waals surface area contributed by atoms with Gasteiger partial charge in [-0.2, -0.15) is 0 Å². The van der Waals surface area contributed by atoms with Crippen LogP contribution < -0.4 is 11.1 Å². The summed E-state index contributed by atoms with van der Waals surface area (Å²) in [7, 11) is 1.67. The van der Waals surface area contributed by atoms with Crippen molar-refractivity contribution >= 4 is 17.0 Å². The lowest BCUT2D eigenvalue weighted by atomic mass is 9.67. The fraction of sp³-hybridized carbons (Fsp3) is 0.579. The summed E-state index contributed by atoms with van der Waals surface area (Å²) in [5.41, 5.74) is 2.32. The number of ether oxygens (including phenoxy) is 2. The van der Waals surface area contributed by atoms with Crippen LogP contribution in [0.5, 0.6) is 0 Å². The number of nitrogens with zero attached hydrogens (tertiary/aromatic N) is 1. The molecular weight excluding hydrogens is 336 g/mol. The number of aryl methyl sites for hydroxylation is 2. The first-order chi connectivity index (χ1) is 12.6. The first-order valence-corrected chi connectivity index (χ1v) is 9.08. The normalized spacial score (nSPS) is 27.3. The molecule has 140 valence electrons. The summed E-state index contributed by atoms with van der Waals surface area (Å²) in [5, 5.41) is 3.12. The first-order valence-electron chi connectivity index (χ1n) is 9.08. The van der Waals surface area contributed by atoms with Crippen LogP contribution in [-0.2, 0) is 20.8 Å². The number of carbonyl (C=O) groups is 1. The molecule has 0 radical (unpaired) electrons. The predicted molar refractivity (Wildman–Crippen MR) is 95.0 cm³/mol. The topological polar surface area (TPSA) is 82.7 Å². The fourth-order valence-electron chi connectivity index (χ4n) is 4.29. The van der Waals surface area contributed by atoms with E-state index >= 15 is 0 Å². The highest BCUT2D eigenvalue weighted by molar-refractivity contribution is 5.77. The maximum atomic E-state index is 12.5. The molecule has 1 aliphatic carbocycles. The molecule has 1 aromatic heterocycles. The van der Waals surface area contributed by atoms with E-state index in [2.05, 4.69) is 5.32 Å². The van der Waals surface area contributed by atoms with Crippen LogP contribution >= 0.6 is 0 Å². The molecule has 4 rings (SSSR count). The highest BCUT2D eigenvalue weighted by Gasteiger charge is 2.54. The van der Waals surface area contributed by atoms with Crippen LogP contribution in [-0.4, -0.2) is 42.9 Å². The summed E-state index contributed by atoms with van der Waals surface area (Å²) in [5.74, 6) is 0.0923. The van der Waals surface area contributed by atoms with Crippen LogP contribution in [0.15, 0.2) is 27.4 Å². The Kier molecular flexibility index (Phi) is 4.58. The zero-order valence-corrected chi connectivity index (χ0v) is 15.1. The van der Waals surface area contributed by atoms with Gasteiger partial charge in [0.1, 0.15) is 0 Å². The van der Waals surface area contributed by atoms with E-state index < -0.39 is 5.76 Å². The van der Waals surface area contributed by atoms with E-state index in [-0.39, 0.29) is 30.4 Å². The highest BCUT2D eigenvalue weighted by atomic mass is 16.5. The molecule has 4 atom stereocenters. The van der Waals surface area contributed by atoms with E-state index in [1.807, 2.05) is 19.1 Å². The smallest absolute Gasteiger partial charge is 0.408 e. The maximum absolute atomic E-state index is 12.5. The van der Waals surface area contributed by atoms with Crippen LogP contribution in [0.4, 0.5) is 0 Å². The summed E-state index contributed by atoms with van der Waals surface area (Å²) in [4.78, 5) is 24.5. The Labute approximate surface area is 151 Å². The minimum atomic E-state index is -0.427. The van der Waals surface area contributed by atoms with E-state index in [0.717, 1.165) is 24.1 Å². The van der Waals surface area contributed by atoms with Crippen molar-refractivity contribution in [3.05, 3.63) is 34.3 Å². The average Bonchev–Trinajstić information content (AvgIpc) is 3.17. The summed E-state index contributed by atoms with van der Waals surface area (Å²) >= 11 is 0. The van der Waals surface area contributed by atoms with Crippen LogP contribution in [0.3, 0.4) is 0 Å². The van der Waals surface area contributed by atoms with Crippen LogP contribution in [0.2, 0.25) is 0 Å². The standard InChI is InChI=1S/C19H24N2O5/c1-11-3-4-15-14(9-11)21(19(23)26-15)7-5-16(22)20-17-12-6-8-25-18(12)13(17)10-24-2/h3-4,9,12-13,17-18H,5-8,10H2,1-2H3,(H,20,22)/t12-,13-,17-,18-/m0/s1. The molecule has 7 nitrogen and oxygen atoms in total. The van der Waals surface area contributed by atoms with Gasteiger partial charge in [0.2, 0.25) is 5.91 Å². The number of methoxy groups -OCH3 is 1. The fourth-order valence-corrected chi connectivity index (χ4v) is 4.29. The Bertz CT molecular complexity index is 870. The van der Waals surface area contributed by atoms with Gasteiger partial charge < -0.3 is 19.2 Å². The Balaban J connectivity index is 1.41. The summed E-state index contributed by atoms with van der Waals surface area (Å²) in [6.07, 6.45) is 1.40. The molecule has 26 heavy (non-hydrogen) atoms. The quantitative estimate of drug-likeness (QED) is 0.843. The molecule has 1 N–H and O–H groups in total. The van der Waals surface area contributed by atoms with Gasteiger partial charge >= 0.3 is 5.76 Å². The van der Waals surface area contributed by atoms with Crippen molar-refractivity contribution in [1.29, 1.82) is 0 Å². The van der Waals surface area contributed by atoms with E-state index in [9.17, 15) is 9.59 Å². The second kappa shape index (κ2) is 6.89. The molecule has 7 heteroatoms. The highest BCUT2D eigenvalue weighted by Crippen LogP contribution is 2.43. The third kappa shape index (κ3) is 2.95. The lowest BCUT2D eigenvalue weighted by Gasteiger charge is -2.47. The number of oxazole rings is 1. The monoisotopic (exact) mass is 360 g/mol. The van der Waals surface area contributed by atoms with Gasteiger partial charge in [-0.05, 0) is 31.0 Å². The molecular formula is C19H24N2O5. The zero-order valence-electron chi connectivity index (χ0n) is 15.1. The van der Waals surface area contributed by atoms with Gasteiger partial charge in [-0.1, -0.05) is 6.07 Å². The van der Waals surface area contributed by atoms with Crippen molar-refractivity contribution in [3.63, 3.8) is 0 Å². The van der Waals surface area contributed by atoms with Gasteiger partial charge in [0, 0.05) is 44.6 Å². The van der Waals surface area contributed by atoms with E-state index in [1.165, 1.54) is 4.57 Å². The number of fused-ring (bicyclic) bond motifs is 2. The van der Waals surface area contributed by atoms with Gasteiger partial charge in [-0.15, -0.1) is 0 Å². The predicted octanol–water partition coefficient (Wildman–Crippen LogP) is 1.46. The largest absolute Gasteiger partial charge is 0.419 e. The third-order valence-electron chi connectivity index (χ3n) is 5.60. The van der Waals surface area contributed by atoms with Crippen LogP contribution in [0.25, 0.3) is 11.1 Å². The van der Waals surface area contributed by atoms with Crippen molar-refractivity contribution < 1.29 is 18.7 Å². The number of rotatable bonds is 6. The molecule has 0 bridgehead atoms. The first kappa shape index (κ1) is 17.3. The number of amides is 1. The SMILES string of the molecule is COC[C@H]1[C@@H](NC(=O)CCn2c(=O)oc3ccc(C)cc32)[C@@H]2CCO[C@@H]21. The van der Waals surface area contributed by atoms with Crippen molar-refractivity contribution in [3.8, 4) is 0 Å². The molecule has 2 fully saturated rings. The lowest BCUT2D eigenvalue weighted by molar-refractivity contribution is -0.130. The summed E-state index contributed by atoms with van der Waals surface area (Å²) in [6.45, 7) is 3.59. The molecule has 1 saturated heterocycles. The van der Waals surface area contributed by atoms with Crippen molar-refractivity contribution in [1.82, 2.24) is 9.88 Å². The molecule has 1 amide bonds. The van der Waals surface area contributed by atoms with E-state index in [4.69, 9.17) is 13.9 Å². The van der Waals surface area contributed by atoms with Gasteiger partial charge in [-0.3, -0.25) is 9.36 Å². The van der Waals surface area contributed by atoms with Crippen molar-refractivity contribution in [2.24, 2.45) is 11.8 Å². The summed E-state index contributed by atoms with van der Waals surface area (Å²) in [6, 6.07) is 5.68. The van der Waals surface area contributed by atoms with Crippen LogP contribution in [0.1, 0.15) is 18.4 Å². The Morgan fingerprint density at radius 2 is 2.27 bits per heavy atom. The zero-order chi connectivity index (χ0) is 18.3. The van der Waals surface area contributed by atoms with Gasteiger partial charge in [0.15, 0.2) is 5.58 Å². The minimum Gasteiger partial charge on any atom is -0.408 e. The second-order valence-corrected chi connectivity index (χ2v) is 7.24.